The Balaban J connectivity index is 1.89. The first-order valence-electron chi connectivity index (χ1n) is 6.20. The second-order valence-corrected chi connectivity index (χ2v) is 6.67. The number of fused-ring (bicyclic) bond motifs is 1. The average molecular weight is 405 g/mol. The number of aromatic amines is 1. The largest absolute Gasteiger partial charge is 0.377 e. The Morgan fingerprint density at radius 3 is 2.38 bits per heavy atom. The fraction of sp³-hybridized carbons (Fsp3) is 0.0667. The summed E-state index contributed by atoms with van der Waals surface area (Å²) in [7, 11) is 0. The summed E-state index contributed by atoms with van der Waals surface area (Å²) in [4.78, 5) is 3.29. The molecule has 2 aromatic carbocycles. The second kappa shape index (κ2) is 6.09. The summed E-state index contributed by atoms with van der Waals surface area (Å²) >= 11 is 22.1. The molecule has 0 radical (unpaired) electrons. The number of rotatable bonds is 3. The van der Waals surface area contributed by atoms with Gasteiger partial charge in [-0.15, -0.1) is 0 Å². The molecule has 0 bridgehead atoms. The van der Waals surface area contributed by atoms with E-state index in [9.17, 15) is 0 Å². The van der Waals surface area contributed by atoms with Crippen molar-refractivity contribution >= 4 is 67.3 Å². The van der Waals surface area contributed by atoms with Crippen molar-refractivity contribution in [1.82, 2.24) is 4.98 Å². The molecule has 21 heavy (non-hydrogen) atoms. The molecule has 0 fully saturated rings. The Labute approximate surface area is 145 Å². The van der Waals surface area contributed by atoms with Gasteiger partial charge in [-0.3, -0.25) is 0 Å². The predicted octanol–water partition coefficient (Wildman–Crippen LogP) is 6.50. The van der Waals surface area contributed by atoms with Gasteiger partial charge in [-0.2, -0.15) is 0 Å². The molecule has 0 aliphatic heterocycles. The van der Waals surface area contributed by atoms with E-state index in [1.807, 2.05) is 24.3 Å². The first-order valence-corrected chi connectivity index (χ1v) is 8.12. The summed E-state index contributed by atoms with van der Waals surface area (Å²) in [5.74, 6) is 0. The molecule has 1 aromatic heterocycles. The van der Waals surface area contributed by atoms with E-state index in [-0.39, 0.29) is 0 Å². The lowest BCUT2D eigenvalue weighted by Crippen LogP contribution is -2.01. The molecule has 1 heterocycles. The SMILES string of the molecule is Clc1cc(Br)cc(Cl)c1NCc1[nH]c2ccccc2c1Cl. The predicted molar refractivity (Wildman–Crippen MR) is 94.8 cm³/mol. The van der Waals surface area contributed by atoms with E-state index in [2.05, 4.69) is 26.2 Å². The number of benzene rings is 2. The van der Waals surface area contributed by atoms with Gasteiger partial charge in [0.1, 0.15) is 0 Å². The molecule has 3 rings (SSSR count). The van der Waals surface area contributed by atoms with Crippen molar-refractivity contribution in [2.75, 3.05) is 5.32 Å². The summed E-state index contributed by atoms with van der Waals surface area (Å²) in [5.41, 5.74) is 2.59. The molecule has 0 saturated carbocycles. The van der Waals surface area contributed by atoms with E-state index in [1.54, 1.807) is 12.1 Å². The third-order valence-corrected chi connectivity index (χ3v) is 4.65. The van der Waals surface area contributed by atoms with E-state index < -0.39 is 0 Å². The lowest BCUT2D eigenvalue weighted by atomic mass is 10.2. The van der Waals surface area contributed by atoms with Crippen molar-refractivity contribution in [2.45, 2.75) is 6.54 Å². The van der Waals surface area contributed by atoms with Gasteiger partial charge in [0.15, 0.2) is 0 Å². The van der Waals surface area contributed by atoms with E-state index in [4.69, 9.17) is 34.8 Å². The quantitative estimate of drug-likeness (QED) is 0.512. The Hall–Kier alpha value is -0.870. The van der Waals surface area contributed by atoms with Crippen molar-refractivity contribution in [3.63, 3.8) is 0 Å². The molecule has 3 aromatic rings. The Kier molecular flexibility index (Phi) is 4.36. The maximum absolute atomic E-state index is 6.38. The van der Waals surface area contributed by atoms with Crippen LogP contribution >= 0.6 is 50.7 Å². The highest BCUT2D eigenvalue weighted by molar-refractivity contribution is 9.10. The molecule has 6 heteroatoms. The van der Waals surface area contributed by atoms with Crippen molar-refractivity contribution in [3.8, 4) is 0 Å². The van der Waals surface area contributed by atoms with Gasteiger partial charge in [0.2, 0.25) is 0 Å². The summed E-state index contributed by atoms with van der Waals surface area (Å²) < 4.78 is 0.840. The molecule has 108 valence electrons. The third kappa shape index (κ3) is 3.02. The van der Waals surface area contributed by atoms with Crippen LogP contribution in [0.15, 0.2) is 40.9 Å². The Morgan fingerprint density at radius 2 is 1.71 bits per heavy atom. The fourth-order valence-corrected chi connectivity index (χ4v) is 3.79. The molecular formula is C15H10BrCl3N2. The number of anilines is 1. The minimum atomic E-state index is 0.509. The zero-order valence-corrected chi connectivity index (χ0v) is 14.5. The van der Waals surface area contributed by atoms with E-state index in [1.165, 1.54) is 0 Å². The third-order valence-electron chi connectivity index (χ3n) is 3.16. The van der Waals surface area contributed by atoms with Crippen molar-refractivity contribution < 1.29 is 0 Å². The molecule has 0 unspecified atom stereocenters. The minimum absolute atomic E-state index is 0.509. The number of hydrogen-bond acceptors (Lipinski definition) is 1. The van der Waals surface area contributed by atoms with Crippen LogP contribution in [0.2, 0.25) is 15.1 Å². The number of H-pyrrole nitrogens is 1. The molecule has 0 saturated heterocycles. The highest BCUT2D eigenvalue weighted by Gasteiger charge is 2.11. The van der Waals surface area contributed by atoms with Gasteiger partial charge in [0.05, 0.1) is 33.0 Å². The van der Waals surface area contributed by atoms with Gasteiger partial charge >= 0.3 is 0 Å². The number of hydrogen-bond donors (Lipinski definition) is 2. The summed E-state index contributed by atoms with van der Waals surface area (Å²) in [6, 6.07) is 11.5. The van der Waals surface area contributed by atoms with Gasteiger partial charge in [-0.1, -0.05) is 68.9 Å². The van der Waals surface area contributed by atoms with Gasteiger partial charge in [0.25, 0.3) is 0 Å². The molecule has 0 atom stereocenters. The lowest BCUT2D eigenvalue weighted by Gasteiger charge is -2.10. The summed E-state index contributed by atoms with van der Waals surface area (Å²) in [6.07, 6.45) is 0. The summed E-state index contributed by atoms with van der Waals surface area (Å²) in [6.45, 7) is 0.509. The maximum atomic E-state index is 6.38. The molecule has 2 N–H and O–H groups in total. The van der Waals surface area contributed by atoms with Crippen LogP contribution in [0.3, 0.4) is 0 Å². The molecule has 0 spiro atoms. The van der Waals surface area contributed by atoms with Crippen LogP contribution in [0.1, 0.15) is 5.69 Å². The first-order chi connectivity index (χ1) is 10.1. The number of para-hydroxylation sites is 1. The summed E-state index contributed by atoms with van der Waals surface area (Å²) in [5, 5.41) is 6.05. The van der Waals surface area contributed by atoms with Gasteiger partial charge in [0, 0.05) is 15.4 Å². The Bertz CT molecular complexity index is 791. The molecule has 2 nitrogen and oxygen atoms in total. The molecular weight excluding hydrogens is 394 g/mol. The number of aromatic nitrogens is 1. The number of halogens is 4. The van der Waals surface area contributed by atoms with E-state index in [0.717, 1.165) is 21.1 Å². The zero-order valence-electron chi connectivity index (χ0n) is 10.7. The number of nitrogens with one attached hydrogen (secondary N) is 2. The van der Waals surface area contributed by atoms with Crippen LogP contribution < -0.4 is 5.32 Å². The van der Waals surface area contributed by atoms with Crippen LogP contribution in [0, 0.1) is 0 Å². The molecule has 0 amide bonds. The van der Waals surface area contributed by atoms with Crippen LogP contribution in [0.25, 0.3) is 10.9 Å². The van der Waals surface area contributed by atoms with E-state index in [0.29, 0.717) is 27.3 Å². The highest BCUT2D eigenvalue weighted by Crippen LogP contribution is 2.35. The molecule has 0 aliphatic rings. The Morgan fingerprint density at radius 1 is 1.05 bits per heavy atom. The van der Waals surface area contributed by atoms with Crippen LogP contribution in [-0.4, -0.2) is 4.98 Å². The molecule has 0 aliphatic carbocycles. The standard InChI is InChI=1S/C15H10BrCl3N2/c16-8-5-10(17)15(11(18)6-8)20-7-13-14(19)9-3-1-2-4-12(9)21-13/h1-6,20-21H,7H2. The van der Waals surface area contributed by atoms with Gasteiger partial charge < -0.3 is 10.3 Å². The first kappa shape index (κ1) is 15.0. The van der Waals surface area contributed by atoms with Crippen molar-refractivity contribution in [2.24, 2.45) is 0 Å². The van der Waals surface area contributed by atoms with Crippen LogP contribution in [0.5, 0.6) is 0 Å². The van der Waals surface area contributed by atoms with Crippen LogP contribution in [0.4, 0.5) is 5.69 Å². The topological polar surface area (TPSA) is 27.8 Å². The van der Waals surface area contributed by atoms with Crippen molar-refractivity contribution in [1.29, 1.82) is 0 Å². The normalized spacial score (nSPS) is 11.0. The average Bonchev–Trinajstić information content (AvgIpc) is 2.75. The van der Waals surface area contributed by atoms with Crippen LogP contribution in [-0.2, 0) is 6.54 Å². The fourth-order valence-electron chi connectivity index (χ4n) is 2.17. The highest BCUT2D eigenvalue weighted by atomic mass is 79.9. The minimum Gasteiger partial charge on any atom is -0.377 e. The smallest absolute Gasteiger partial charge is 0.0722 e. The van der Waals surface area contributed by atoms with E-state index >= 15 is 0 Å². The maximum Gasteiger partial charge on any atom is 0.0722 e. The van der Waals surface area contributed by atoms with Gasteiger partial charge in [-0.05, 0) is 18.2 Å². The second-order valence-electron chi connectivity index (χ2n) is 4.56. The zero-order chi connectivity index (χ0) is 15.0. The van der Waals surface area contributed by atoms with Crippen molar-refractivity contribution in [3.05, 3.63) is 61.6 Å². The monoisotopic (exact) mass is 402 g/mol. The van der Waals surface area contributed by atoms with Gasteiger partial charge in [-0.25, -0.2) is 0 Å². The lowest BCUT2D eigenvalue weighted by molar-refractivity contribution is 1.09.